The monoisotopic (exact) mass is 289 g/mol. The Labute approximate surface area is 113 Å². The van der Waals surface area contributed by atoms with Gasteiger partial charge in [0.15, 0.2) is 0 Å². The van der Waals surface area contributed by atoms with E-state index in [4.69, 9.17) is 10.8 Å². The van der Waals surface area contributed by atoms with Crippen LogP contribution in [-0.4, -0.2) is 69.9 Å². The molecule has 0 spiro atoms. The van der Waals surface area contributed by atoms with Gasteiger partial charge < -0.3 is 20.6 Å². The second-order valence-electron chi connectivity index (χ2n) is 3.96. The van der Waals surface area contributed by atoms with Gasteiger partial charge in [0.1, 0.15) is 6.54 Å². The number of nitrogens with zero attached hydrogens (tertiary/aromatic N) is 2. The highest BCUT2D eigenvalue weighted by atomic mass is 32.2. The Hall–Kier alpha value is -1.77. The molecule has 0 unspecified atom stereocenters. The Balaban J connectivity index is 2.48. The zero-order valence-electron chi connectivity index (χ0n) is 10.2. The molecule has 8 nitrogen and oxygen atoms in total. The Morgan fingerprint density at radius 1 is 1.37 bits per heavy atom. The summed E-state index contributed by atoms with van der Waals surface area (Å²) in [6, 6.07) is 0. The molecule has 0 radical (unpaired) electrons. The van der Waals surface area contributed by atoms with Crippen LogP contribution in [0.1, 0.15) is 6.42 Å². The molecule has 1 aliphatic heterocycles. The number of amides is 3. The van der Waals surface area contributed by atoms with Gasteiger partial charge in [0.2, 0.25) is 11.8 Å². The number of rotatable bonds is 7. The van der Waals surface area contributed by atoms with Gasteiger partial charge in [0.25, 0.3) is 5.24 Å². The highest BCUT2D eigenvalue weighted by Gasteiger charge is 2.24. The smallest absolute Gasteiger partial charge is 0.323 e. The Bertz CT molecular complexity index is 385. The molecule has 1 fully saturated rings. The van der Waals surface area contributed by atoms with Crippen molar-refractivity contribution in [3.8, 4) is 0 Å². The number of nitrogens with two attached hydrogens (primary N) is 1. The van der Waals surface area contributed by atoms with Crippen molar-refractivity contribution in [2.45, 2.75) is 6.42 Å². The Morgan fingerprint density at radius 3 is 2.53 bits per heavy atom. The van der Waals surface area contributed by atoms with Crippen LogP contribution in [0.25, 0.3) is 0 Å². The van der Waals surface area contributed by atoms with Gasteiger partial charge in [0.05, 0.1) is 6.54 Å². The third-order valence-corrected chi connectivity index (χ3v) is 3.36. The Morgan fingerprint density at radius 2 is 2.05 bits per heavy atom. The topological polar surface area (TPSA) is 121 Å². The minimum atomic E-state index is -1.22. The van der Waals surface area contributed by atoms with Gasteiger partial charge in [-0.1, -0.05) is 11.8 Å². The number of carboxylic acids is 1. The van der Waals surface area contributed by atoms with Gasteiger partial charge in [0, 0.05) is 25.3 Å². The number of carbonyl (C=O) groups excluding carboxylic acids is 3. The van der Waals surface area contributed by atoms with Crippen LogP contribution in [0.15, 0.2) is 0 Å². The van der Waals surface area contributed by atoms with Gasteiger partial charge in [-0.05, 0) is 0 Å². The molecule has 9 heteroatoms. The lowest BCUT2D eigenvalue weighted by molar-refractivity contribution is -0.145. The second-order valence-corrected chi connectivity index (χ2v) is 5.01. The highest BCUT2D eigenvalue weighted by molar-refractivity contribution is 8.13. The molecule has 0 aromatic rings. The van der Waals surface area contributed by atoms with Crippen molar-refractivity contribution in [1.29, 1.82) is 0 Å². The predicted molar refractivity (Wildman–Crippen MR) is 67.5 cm³/mol. The van der Waals surface area contributed by atoms with Gasteiger partial charge in [-0.15, -0.1) is 0 Å². The maximum Gasteiger partial charge on any atom is 0.323 e. The summed E-state index contributed by atoms with van der Waals surface area (Å²) in [5.74, 6) is -1.82. The van der Waals surface area contributed by atoms with E-state index >= 15 is 0 Å². The average molecular weight is 289 g/mol. The number of primary amides is 1. The molecular weight excluding hydrogens is 274 g/mol. The molecule has 0 bridgehead atoms. The number of thioether (sulfide) groups is 1. The lowest BCUT2D eigenvalue weighted by atomic mass is 10.3. The van der Waals surface area contributed by atoms with Crippen LogP contribution in [0, 0.1) is 0 Å². The summed E-state index contributed by atoms with van der Waals surface area (Å²) >= 11 is 1.18. The minimum absolute atomic E-state index is 0.0210. The van der Waals surface area contributed by atoms with Crippen LogP contribution in [0.5, 0.6) is 0 Å². The summed E-state index contributed by atoms with van der Waals surface area (Å²) in [6.07, 6.45) is -0.0210. The highest BCUT2D eigenvalue weighted by Crippen LogP contribution is 2.17. The molecule has 0 aromatic heterocycles. The van der Waals surface area contributed by atoms with E-state index in [-0.39, 0.29) is 18.2 Å². The first-order valence-electron chi connectivity index (χ1n) is 5.59. The van der Waals surface area contributed by atoms with Crippen molar-refractivity contribution >= 4 is 34.8 Å². The van der Waals surface area contributed by atoms with E-state index in [1.165, 1.54) is 16.7 Å². The lowest BCUT2D eigenvalue weighted by Crippen LogP contribution is -2.42. The largest absolute Gasteiger partial charge is 0.480 e. The fourth-order valence-electron chi connectivity index (χ4n) is 1.60. The van der Waals surface area contributed by atoms with Crippen molar-refractivity contribution in [3.63, 3.8) is 0 Å². The van der Waals surface area contributed by atoms with Crippen molar-refractivity contribution < 1.29 is 24.3 Å². The van der Waals surface area contributed by atoms with Crippen LogP contribution in [0.3, 0.4) is 0 Å². The van der Waals surface area contributed by atoms with Crippen LogP contribution in [0.4, 0.5) is 4.79 Å². The number of hydrogen-bond donors (Lipinski definition) is 2. The molecule has 1 aliphatic rings. The molecule has 0 aliphatic carbocycles. The summed E-state index contributed by atoms with van der Waals surface area (Å²) in [7, 11) is 0. The molecule has 0 atom stereocenters. The SMILES string of the molecule is NC(=O)CN(CC(=O)O)C(=O)CCN1CCSC1=O. The summed E-state index contributed by atoms with van der Waals surface area (Å²) in [4.78, 5) is 46.9. The van der Waals surface area contributed by atoms with Crippen molar-refractivity contribution in [3.05, 3.63) is 0 Å². The lowest BCUT2D eigenvalue weighted by Gasteiger charge is -2.20. The first-order chi connectivity index (χ1) is 8.90. The summed E-state index contributed by atoms with van der Waals surface area (Å²) < 4.78 is 0. The molecule has 1 saturated heterocycles. The zero-order chi connectivity index (χ0) is 14.4. The van der Waals surface area contributed by atoms with E-state index in [1.807, 2.05) is 0 Å². The third-order valence-electron chi connectivity index (χ3n) is 2.47. The molecule has 0 saturated carbocycles. The first-order valence-corrected chi connectivity index (χ1v) is 6.58. The van der Waals surface area contributed by atoms with Crippen LogP contribution in [-0.2, 0) is 14.4 Å². The average Bonchev–Trinajstić information content (AvgIpc) is 2.69. The van der Waals surface area contributed by atoms with E-state index in [0.717, 1.165) is 4.90 Å². The number of carboxylic acid groups (broad SMARTS) is 1. The standard InChI is InChI=1S/C10H15N3O5S/c11-7(14)5-13(6-9(16)17)8(15)1-2-12-3-4-19-10(12)18/h1-6H2,(H2,11,14)(H,16,17). The molecule has 0 aromatic carbocycles. The van der Waals surface area contributed by atoms with Crippen molar-refractivity contribution in [2.24, 2.45) is 5.73 Å². The van der Waals surface area contributed by atoms with Crippen molar-refractivity contribution in [2.75, 3.05) is 31.9 Å². The maximum absolute atomic E-state index is 11.8. The normalized spacial score (nSPS) is 14.5. The molecular formula is C10H15N3O5S. The fourth-order valence-corrected chi connectivity index (χ4v) is 2.45. The van der Waals surface area contributed by atoms with Gasteiger partial charge in [-0.2, -0.15) is 0 Å². The van der Waals surface area contributed by atoms with Crippen LogP contribution < -0.4 is 5.73 Å². The molecule has 1 rings (SSSR count). The second kappa shape index (κ2) is 6.98. The van der Waals surface area contributed by atoms with Crippen LogP contribution in [0.2, 0.25) is 0 Å². The van der Waals surface area contributed by atoms with Crippen LogP contribution >= 0.6 is 11.8 Å². The van der Waals surface area contributed by atoms with E-state index in [9.17, 15) is 19.2 Å². The molecule has 3 amide bonds. The number of aliphatic carboxylic acids is 1. The van der Waals surface area contributed by atoms with E-state index in [1.54, 1.807) is 0 Å². The fraction of sp³-hybridized carbons (Fsp3) is 0.600. The van der Waals surface area contributed by atoms with E-state index < -0.39 is 30.9 Å². The predicted octanol–water partition coefficient (Wildman–Crippen LogP) is -1.06. The molecule has 1 heterocycles. The van der Waals surface area contributed by atoms with Gasteiger partial charge >= 0.3 is 5.97 Å². The quantitative estimate of drug-likeness (QED) is 0.616. The molecule has 19 heavy (non-hydrogen) atoms. The summed E-state index contributed by atoms with van der Waals surface area (Å²) in [5, 5.41) is 8.56. The van der Waals surface area contributed by atoms with E-state index in [2.05, 4.69) is 0 Å². The summed E-state index contributed by atoms with van der Waals surface area (Å²) in [6.45, 7) is -0.219. The van der Waals surface area contributed by atoms with Gasteiger partial charge in [-0.25, -0.2) is 0 Å². The molecule has 3 N–H and O–H groups in total. The van der Waals surface area contributed by atoms with E-state index in [0.29, 0.717) is 12.3 Å². The minimum Gasteiger partial charge on any atom is -0.480 e. The zero-order valence-corrected chi connectivity index (χ0v) is 11.0. The van der Waals surface area contributed by atoms with Crippen molar-refractivity contribution in [1.82, 2.24) is 9.80 Å². The molecule has 106 valence electrons. The van der Waals surface area contributed by atoms with Gasteiger partial charge in [-0.3, -0.25) is 19.2 Å². The first kappa shape index (κ1) is 15.3. The number of carbonyl (C=O) groups is 4. The number of hydrogen-bond acceptors (Lipinski definition) is 5. The third kappa shape index (κ3) is 5.16. The summed E-state index contributed by atoms with van der Waals surface area (Å²) in [5.41, 5.74) is 4.95. The maximum atomic E-state index is 11.8. The Kier molecular flexibility index (Phi) is 5.61.